The van der Waals surface area contributed by atoms with Gasteiger partial charge in [-0.2, -0.15) is 10.1 Å². The lowest BCUT2D eigenvalue weighted by Crippen LogP contribution is -2.40. The Hall–Kier alpha value is -0.160. The summed E-state index contributed by atoms with van der Waals surface area (Å²) in [6.45, 7) is 9.32. The molecule has 4 heteroatoms. The van der Waals surface area contributed by atoms with Crippen LogP contribution in [0.5, 0.6) is 0 Å². The molecule has 0 fully saturated rings. The van der Waals surface area contributed by atoms with Crippen molar-refractivity contribution in [3.63, 3.8) is 0 Å². The van der Waals surface area contributed by atoms with Crippen LogP contribution in [-0.2, 0) is 4.94 Å². The first-order valence-electron chi connectivity index (χ1n) is 5.81. The third-order valence-electron chi connectivity index (χ3n) is 2.49. The predicted molar refractivity (Wildman–Crippen MR) is 64.4 cm³/mol. The molecule has 0 aromatic rings. The van der Waals surface area contributed by atoms with Gasteiger partial charge in [0.1, 0.15) is 0 Å². The fraction of sp³-hybridized carbons (Fsp3) is 1.00. The summed E-state index contributed by atoms with van der Waals surface area (Å²) in [4.78, 5) is 7.89. The maximum atomic E-state index is 5.69. The highest BCUT2D eigenvalue weighted by Gasteiger charge is 2.14. The highest BCUT2D eigenvalue weighted by molar-refractivity contribution is 4.60. The molecular formula is C11H27N3O. The topological polar surface area (TPSA) is 19.0 Å². The van der Waals surface area contributed by atoms with Crippen LogP contribution in [0.15, 0.2) is 0 Å². The summed E-state index contributed by atoms with van der Waals surface area (Å²) in [6, 6.07) is 0.450. The monoisotopic (exact) mass is 217 g/mol. The second-order valence-electron chi connectivity index (χ2n) is 4.20. The first kappa shape index (κ1) is 14.8. The van der Waals surface area contributed by atoms with E-state index in [-0.39, 0.29) is 0 Å². The van der Waals surface area contributed by atoms with Gasteiger partial charge in [0.15, 0.2) is 0 Å². The number of hydrogen-bond donors (Lipinski definition) is 0. The molecule has 0 radical (unpaired) electrons. The SMILES string of the molecule is CCN(C)ON(CC)C(C)CCN(C)C. The number of nitrogens with zero attached hydrogens (tertiary/aromatic N) is 3. The van der Waals surface area contributed by atoms with Crippen LogP contribution in [0.1, 0.15) is 27.2 Å². The Morgan fingerprint density at radius 2 is 1.67 bits per heavy atom. The number of rotatable bonds is 8. The third kappa shape index (κ3) is 6.84. The van der Waals surface area contributed by atoms with Gasteiger partial charge in [0.25, 0.3) is 0 Å². The van der Waals surface area contributed by atoms with Gasteiger partial charge < -0.3 is 4.90 Å². The second kappa shape index (κ2) is 8.05. The minimum Gasteiger partial charge on any atom is -0.309 e. The summed E-state index contributed by atoms with van der Waals surface area (Å²) >= 11 is 0. The number of hydrogen-bond acceptors (Lipinski definition) is 4. The Labute approximate surface area is 94.7 Å². The van der Waals surface area contributed by atoms with E-state index in [1.165, 1.54) is 0 Å². The highest BCUT2D eigenvalue weighted by atomic mass is 16.8. The van der Waals surface area contributed by atoms with E-state index in [1.807, 2.05) is 17.2 Å². The molecule has 0 heterocycles. The molecule has 1 atom stereocenters. The fourth-order valence-corrected chi connectivity index (χ4v) is 1.28. The Bertz CT molecular complexity index is 153. The van der Waals surface area contributed by atoms with Gasteiger partial charge in [-0.05, 0) is 34.0 Å². The van der Waals surface area contributed by atoms with Crippen molar-refractivity contribution in [1.29, 1.82) is 0 Å². The molecule has 0 N–H and O–H groups in total. The molecule has 0 aliphatic carbocycles. The van der Waals surface area contributed by atoms with Crippen molar-refractivity contribution in [3.05, 3.63) is 0 Å². The van der Waals surface area contributed by atoms with Crippen molar-refractivity contribution in [3.8, 4) is 0 Å². The Morgan fingerprint density at radius 1 is 1.07 bits per heavy atom. The van der Waals surface area contributed by atoms with Crippen LogP contribution < -0.4 is 0 Å². The lowest BCUT2D eigenvalue weighted by molar-refractivity contribution is -0.326. The molecule has 0 aliphatic heterocycles. The van der Waals surface area contributed by atoms with Crippen molar-refractivity contribution in [1.82, 2.24) is 15.0 Å². The van der Waals surface area contributed by atoms with E-state index in [1.54, 1.807) is 0 Å². The summed E-state index contributed by atoms with van der Waals surface area (Å²) in [5.41, 5.74) is 0. The van der Waals surface area contributed by atoms with Crippen molar-refractivity contribution < 1.29 is 4.94 Å². The molecule has 0 aromatic carbocycles. The maximum absolute atomic E-state index is 5.69. The molecule has 0 aromatic heterocycles. The molecule has 0 rings (SSSR count). The Balaban J connectivity index is 3.92. The molecule has 0 spiro atoms. The van der Waals surface area contributed by atoms with Crippen molar-refractivity contribution in [2.75, 3.05) is 40.8 Å². The van der Waals surface area contributed by atoms with E-state index in [4.69, 9.17) is 4.94 Å². The van der Waals surface area contributed by atoms with E-state index in [0.29, 0.717) is 6.04 Å². The van der Waals surface area contributed by atoms with Gasteiger partial charge in [-0.15, -0.1) is 0 Å². The fourth-order valence-electron chi connectivity index (χ4n) is 1.28. The molecule has 15 heavy (non-hydrogen) atoms. The van der Waals surface area contributed by atoms with Gasteiger partial charge >= 0.3 is 0 Å². The van der Waals surface area contributed by atoms with E-state index in [0.717, 1.165) is 26.1 Å². The minimum atomic E-state index is 0.450. The van der Waals surface area contributed by atoms with Crippen LogP contribution in [0.2, 0.25) is 0 Å². The van der Waals surface area contributed by atoms with Gasteiger partial charge in [-0.1, -0.05) is 13.8 Å². The zero-order valence-corrected chi connectivity index (χ0v) is 11.2. The lowest BCUT2D eigenvalue weighted by Gasteiger charge is -2.30. The van der Waals surface area contributed by atoms with E-state index in [2.05, 4.69) is 39.8 Å². The first-order valence-corrected chi connectivity index (χ1v) is 5.81. The van der Waals surface area contributed by atoms with Gasteiger partial charge in [-0.25, -0.2) is 4.94 Å². The van der Waals surface area contributed by atoms with Crippen LogP contribution >= 0.6 is 0 Å². The van der Waals surface area contributed by atoms with Crippen LogP contribution in [0, 0.1) is 0 Å². The molecule has 0 saturated carbocycles. The molecule has 0 aliphatic rings. The molecule has 4 nitrogen and oxygen atoms in total. The summed E-state index contributed by atoms with van der Waals surface area (Å²) in [5, 5.41) is 3.89. The zero-order valence-electron chi connectivity index (χ0n) is 11.2. The molecule has 0 saturated heterocycles. The molecule has 0 bridgehead atoms. The standard InChI is InChI=1S/C11H27N3O/c1-7-13(6)15-14(8-2)11(3)9-10-12(4)5/h11H,7-10H2,1-6H3. The molecule has 92 valence electrons. The zero-order chi connectivity index (χ0) is 11.8. The second-order valence-corrected chi connectivity index (χ2v) is 4.20. The average Bonchev–Trinajstić information content (AvgIpc) is 2.21. The van der Waals surface area contributed by atoms with Crippen LogP contribution in [-0.4, -0.2) is 61.8 Å². The van der Waals surface area contributed by atoms with Gasteiger partial charge in [0, 0.05) is 26.2 Å². The molecule has 1 unspecified atom stereocenters. The normalized spacial score (nSPS) is 14.2. The third-order valence-corrected chi connectivity index (χ3v) is 2.49. The molecular weight excluding hydrogens is 190 g/mol. The van der Waals surface area contributed by atoms with E-state index < -0.39 is 0 Å². The Kier molecular flexibility index (Phi) is 7.96. The van der Waals surface area contributed by atoms with Crippen LogP contribution in [0.25, 0.3) is 0 Å². The van der Waals surface area contributed by atoms with Gasteiger partial charge in [-0.3, -0.25) is 0 Å². The smallest absolute Gasteiger partial charge is 0.0355 e. The van der Waals surface area contributed by atoms with E-state index >= 15 is 0 Å². The van der Waals surface area contributed by atoms with Gasteiger partial charge in [0.2, 0.25) is 0 Å². The largest absolute Gasteiger partial charge is 0.309 e. The quantitative estimate of drug-likeness (QED) is 0.573. The lowest BCUT2D eigenvalue weighted by atomic mass is 10.2. The van der Waals surface area contributed by atoms with Crippen molar-refractivity contribution in [2.24, 2.45) is 0 Å². The van der Waals surface area contributed by atoms with E-state index in [9.17, 15) is 0 Å². The minimum absolute atomic E-state index is 0.450. The highest BCUT2D eigenvalue weighted by Crippen LogP contribution is 2.06. The van der Waals surface area contributed by atoms with Crippen molar-refractivity contribution in [2.45, 2.75) is 33.2 Å². The summed E-state index contributed by atoms with van der Waals surface area (Å²) in [6.07, 6.45) is 1.12. The summed E-state index contributed by atoms with van der Waals surface area (Å²) in [7, 11) is 6.16. The first-order chi connectivity index (χ1) is 7.01. The van der Waals surface area contributed by atoms with Gasteiger partial charge in [0.05, 0.1) is 0 Å². The average molecular weight is 217 g/mol. The number of hydroxylamine groups is 4. The van der Waals surface area contributed by atoms with Crippen LogP contribution in [0.4, 0.5) is 0 Å². The van der Waals surface area contributed by atoms with Crippen molar-refractivity contribution >= 4 is 0 Å². The predicted octanol–water partition coefficient (Wildman–Crippen LogP) is 1.45. The summed E-state index contributed by atoms with van der Waals surface area (Å²) < 4.78 is 0. The van der Waals surface area contributed by atoms with Crippen LogP contribution in [0.3, 0.4) is 0 Å². The Morgan fingerprint density at radius 3 is 2.07 bits per heavy atom. The summed E-state index contributed by atoms with van der Waals surface area (Å²) in [5.74, 6) is 0. The maximum Gasteiger partial charge on any atom is 0.0355 e. The molecule has 0 amide bonds.